The van der Waals surface area contributed by atoms with Crippen molar-refractivity contribution in [2.75, 3.05) is 0 Å². The monoisotopic (exact) mass is 493 g/mol. The fraction of sp³-hybridized carbons (Fsp3) is 0.484. The minimum absolute atomic E-state index is 0.0391. The first-order valence-electron chi connectivity index (χ1n) is 13.9. The van der Waals surface area contributed by atoms with Crippen LogP contribution in [0.25, 0.3) is 16.7 Å². The second-order valence-corrected chi connectivity index (χ2v) is 12.2. The number of para-hydroxylation sites is 2. The molecule has 2 saturated carbocycles. The number of fused-ring (bicyclic) bond motifs is 6. The van der Waals surface area contributed by atoms with Crippen LogP contribution in [0.15, 0.2) is 66.8 Å². The second-order valence-electron chi connectivity index (χ2n) is 12.2. The molecule has 37 heavy (non-hydrogen) atoms. The molecule has 3 aromatic rings. The smallest absolute Gasteiger partial charge is 0.253 e. The zero-order valence-corrected chi connectivity index (χ0v) is 21.7. The van der Waals surface area contributed by atoms with Crippen LogP contribution in [-0.2, 0) is 0 Å². The molecule has 6 atom stereocenters. The van der Waals surface area contributed by atoms with Gasteiger partial charge in [-0.3, -0.25) is 4.79 Å². The number of allylic oxidation sites excluding steroid dienone is 3. The summed E-state index contributed by atoms with van der Waals surface area (Å²) in [5.74, 6) is 2.07. The van der Waals surface area contributed by atoms with Crippen molar-refractivity contribution in [2.24, 2.45) is 28.6 Å². The number of imidazole rings is 1. The van der Waals surface area contributed by atoms with E-state index in [2.05, 4.69) is 70.3 Å². The highest BCUT2D eigenvalue weighted by atomic mass is 16.1. The average Bonchev–Trinajstić information content (AvgIpc) is 3.49. The zero-order chi connectivity index (χ0) is 25.2. The van der Waals surface area contributed by atoms with E-state index >= 15 is 0 Å². The molecule has 2 fully saturated rings. The van der Waals surface area contributed by atoms with E-state index in [1.165, 1.54) is 24.1 Å². The van der Waals surface area contributed by atoms with E-state index in [0.717, 1.165) is 43.5 Å². The molecule has 6 heteroatoms. The van der Waals surface area contributed by atoms with Crippen LogP contribution < -0.4 is 5.32 Å². The Morgan fingerprint density at radius 3 is 2.73 bits per heavy atom. The standard InChI is InChI=1S/C31H35N5O/c1-30-14-11-22(35-29(37)20-13-16-33-34-18-20)17-21(30)7-8-23-24-9-10-28(31(24,2)15-12-25(23)30)36-19-32-26-5-3-4-6-27(26)36/h3-7,10,13,16,18-19,22-25H,8-9,11-12,14-15,17H2,1-2H3,(H,35,37)/t22-,23?,24?,25?,30-,31-/m0/s1. The zero-order valence-electron chi connectivity index (χ0n) is 21.7. The van der Waals surface area contributed by atoms with Crippen molar-refractivity contribution < 1.29 is 4.79 Å². The quantitative estimate of drug-likeness (QED) is 0.452. The van der Waals surface area contributed by atoms with Gasteiger partial charge in [0.25, 0.3) is 5.91 Å². The van der Waals surface area contributed by atoms with Gasteiger partial charge in [-0.15, -0.1) is 0 Å². The minimum atomic E-state index is -0.0391. The summed E-state index contributed by atoms with van der Waals surface area (Å²) >= 11 is 0. The number of amides is 1. The molecule has 2 aromatic heterocycles. The van der Waals surface area contributed by atoms with Crippen LogP contribution in [0.5, 0.6) is 0 Å². The molecule has 4 aliphatic carbocycles. The Morgan fingerprint density at radius 1 is 1.00 bits per heavy atom. The Bertz CT molecular complexity index is 1420. The third kappa shape index (κ3) is 3.44. The summed E-state index contributed by atoms with van der Waals surface area (Å²) in [4.78, 5) is 17.4. The van der Waals surface area contributed by atoms with Gasteiger partial charge < -0.3 is 9.88 Å². The van der Waals surface area contributed by atoms with Gasteiger partial charge in [0.05, 0.1) is 29.0 Å². The Hall–Kier alpha value is -3.28. The van der Waals surface area contributed by atoms with Crippen LogP contribution in [0.1, 0.15) is 69.2 Å². The van der Waals surface area contributed by atoms with Crippen molar-refractivity contribution in [1.82, 2.24) is 25.1 Å². The van der Waals surface area contributed by atoms with Gasteiger partial charge in [0.1, 0.15) is 6.33 Å². The first-order valence-corrected chi connectivity index (χ1v) is 13.9. The molecule has 0 aliphatic heterocycles. The maximum atomic E-state index is 12.7. The number of rotatable bonds is 3. The van der Waals surface area contributed by atoms with Crippen LogP contribution in [0.4, 0.5) is 0 Å². The first-order chi connectivity index (χ1) is 18.0. The number of carbonyl (C=O) groups is 1. The van der Waals surface area contributed by atoms with E-state index < -0.39 is 0 Å². The van der Waals surface area contributed by atoms with Crippen LogP contribution in [0, 0.1) is 28.6 Å². The van der Waals surface area contributed by atoms with Gasteiger partial charge in [0.2, 0.25) is 0 Å². The van der Waals surface area contributed by atoms with Crippen LogP contribution in [0.2, 0.25) is 0 Å². The van der Waals surface area contributed by atoms with Gasteiger partial charge in [0, 0.05) is 17.2 Å². The molecule has 0 saturated heterocycles. The molecule has 2 heterocycles. The van der Waals surface area contributed by atoms with Gasteiger partial charge in [-0.1, -0.05) is 43.7 Å². The van der Waals surface area contributed by atoms with Crippen molar-refractivity contribution in [1.29, 1.82) is 0 Å². The number of nitrogens with one attached hydrogen (secondary N) is 1. The third-order valence-corrected chi connectivity index (χ3v) is 10.5. The van der Waals surface area contributed by atoms with Gasteiger partial charge in [-0.2, -0.15) is 10.2 Å². The molecule has 1 aromatic carbocycles. The van der Waals surface area contributed by atoms with E-state index in [4.69, 9.17) is 4.98 Å². The van der Waals surface area contributed by atoms with Crippen molar-refractivity contribution in [3.05, 3.63) is 72.3 Å². The fourth-order valence-electron chi connectivity index (χ4n) is 8.55. The highest BCUT2D eigenvalue weighted by Gasteiger charge is 2.57. The summed E-state index contributed by atoms with van der Waals surface area (Å²) in [6.45, 7) is 5.04. The van der Waals surface area contributed by atoms with E-state index in [1.54, 1.807) is 24.0 Å². The lowest BCUT2D eigenvalue weighted by molar-refractivity contribution is -0.0136. The van der Waals surface area contributed by atoms with Crippen LogP contribution in [0.3, 0.4) is 0 Å². The number of aromatic nitrogens is 4. The van der Waals surface area contributed by atoms with E-state index in [1.807, 2.05) is 6.33 Å². The van der Waals surface area contributed by atoms with Crippen molar-refractivity contribution >= 4 is 22.6 Å². The van der Waals surface area contributed by atoms with E-state index in [-0.39, 0.29) is 22.8 Å². The summed E-state index contributed by atoms with van der Waals surface area (Å²) in [7, 11) is 0. The molecule has 0 bridgehead atoms. The Kier molecular flexibility index (Phi) is 5.18. The lowest BCUT2D eigenvalue weighted by Crippen LogP contribution is -2.51. The molecule has 4 aliphatic rings. The molecule has 190 valence electrons. The molecule has 7 rings (SSSR count). The maximum absolute atomic E-state index is 12.7. The highest BCUT2D eigenvalue weighted by molar-refractivity contribution is 5.94. The van der Waals surface area contributed by atoms with Crippen molar-refractivity contribution in [2.45, 2.75) is 64.8 Å². The van der Waals surface area contributed by atoms with Crippen molar-refractivity contribution in [3.8, 4) is 0 Å². The Labute approximate surface area is 218 Å². The van der Waals surface area contributed by atoms with Crippen LogP contribution >= 0.6 is 0 Å². The van der Waals surface area contributed by atoms with E-state index in [9.17, 15) is 4.79 Å². The van der Waals surface area contributed by atoms with E-state index in [0.29, 0.717) is 17.4 Å². The first kappa shape index (κ1) is 22.9. The largest absolute Gasteiger partial charge is 0.349 e. The van der Waals surface area contributed by atoms with Gasteiger partial charge in [-0.25, -0.2) is 4.98 Å². The number of hydrogen-bond donors (Lipinski definition) is 1. The van der Waals surface area contributed by atoms with Crippen LogP contribution in [-0.4, -0.2) is 31.7 Å². The maximum Gasteiger partial charge on any atom is 0.253 e. The average molecular weight is 494 g/mol. The fourth-order valence-corrected chi connectivity index (χ4v) is 8.55. The highest BCUT2D eigenvalue weighted by Crippen LogP contribution is 2.65. The lowest BCUT2D eigenvalue weighted by Gasteiger charge is -2.58. The number of carbonyl (C=O) groups excluding carboxylic acids is 1. The SMILES string of the molecule is C[C@]12CC[C@H](NC(=O)c3ccnnc3)CC1=CCC1C2CC[C@]2(C)C(n3cnc4ccccc43)=CCC12. The molecule has 1 N–H and O–H groups in total. The topological polar surface area (TPSA) is 72.7 Å². The predicted octanol–water partition coefficient (Wildman–Crippen LogP) is 6.04. The Morgan fingerprint density at radius 2 is 1.86 bits per heavy atom. The van der Waals surface area contributed by atoms with Gasteiger partial charge in [0.15, 0.2) is 0 Å². The number of benzene rings is 1. The minimum Gasteiger partial charge on any atom is -0.349 e. The molecule has 3 unspecified atom stereocenters. The second kappa shape index (κ2) is 8.37. The molecule has 1 amide bonds. The predicted molar refractivity (Wildman–Crippen MR) is 144 cm³/mol. The van der Waals surface area contributed by atoms with Crippen molar-refractivity contribution in [3.63, 3.8) is 0 Å². The number of nitrogens with zero attached hydrogens (tertiary/aromatic N) is 4. The summed E-state index contributed by atoms with van der Waals surface area (Å²) in [5.41, 5.74) is 6.35. The summed E-state index contributed by atoms with van der Waals surface area (Å²) in [6.07, 6.45) is 18.2. The summed E-state index contributed by atoms with van der Waals surface area (Å²) < 4.78 is 2.37. The van der Waals surface area contributed by atoms with Gasteiger partial charge in [-0.05, 0) is 86.3 Å². The third-order valence-electron chi connectivity index (χ3n) is 10.5. The van der Waals surface area contributed by atoms with Gasteiger partial charge >= 0.3 is 0 Å². The summed E-state index contributed by atoms with van der Waals surface area (Å²) in [5, 5.41) is 10.9. The molecule has 0 spiro atoms. The molecular weight excluding hydrogens is 458 g/mol. The Balaban J connectivity index is 1.11. The lowest BCUT2D eigenvalue weighted by atomic mass is 9.47. The number of hydrogen-bond acceptors (Lipinski definition) is 4. The summed E-state index contributed by atoms with van der Waals surface area (Å²) in [6, 6.07) is 10.4. The molecule has 0 radical (unpaired) electrons. The molecule has 6 nitrogen and oxygen atoms in total. The normalized spacial score (nSPS) is 34.6. The molecular formula is C31H35N5O.